The Balaban J connectivity index is 1.31. The molecule has 0 aromatic heterocycles. The first kappa shape index (κ1) is 22.5. The fourth-order valence-corrected chi connectivity index (χ4v) is 6.38. The lowest BCUT2D eigenvalue weighted by atomic mass is 9.92. The van der Waals surface area contributed by atoms with Crippen molar-refractivity contribution in [1.82, 2.24) is 14.5 Å². The number of nitrogens with one attached hydrogen (secondary N) is 1. The molecule has 176 valence electrons. The smallest absolute Gasteiger partial charge is 0.243 e. The number of carbonyl (C=O) groups excluding carboxylic acids is 1. The summed E-state index contributed by atoms with van der Waals surface area (Å²) in [5, 5.41) is 3.05. The van der Waals surface area contributed by atoms with E-state index in [0.29, 0.717) is 31.1 Å². The molecule has 5 rings (SSSR count). The van der Waals surface area contributed by atoms with Crippen molar-refractivity contribution in [2.24, 2.45) is 0 Å². The summed E-state index contributed by atoms with van der Waals surface area (Å²) in [5.41, 5.74) is 3.13. The SMILES string of the molecule is O=C(NC1CC1)C(c1ccc(F)cc1)N1CCN(S(=O)(=O)c2ccc3c(c2)CCCC3)CC1. The zero-order chi connectivity index (χ0) is 23.0. The molecule has 2 fully saturated rings. The Labute approximate surface area is 194 Å². The van der Waals surface area contributed by atoms with Crippen LogP contribution in [0.2, 0.25) is 0 Å². The van der Waals surface area contributed by atoms with Crippen molar-refractivity contribution < 1.29 is 17.6 Å². The second-order valence-corrected chi connectivity index (χ2v) is 11.3. The zero-order valence-electron chi connectivity index (χ0n) is 18.7. The summed E-state index contributed by atoms with van der Waals surface area (Å²) in [6, 6.07) is 11.2. The van der Waals surface area contributed by atoms with Crippen LogP contribution in [0, 0.1) is 5.82 Å². The lowest BCUT2D eigenvalue weighted by molar-refractivity contribution is -0.127. The van der Waals surface area contributed by atoms with Crippen LogP contribution in [-0.4, -0.2) is 55.8 Å². The van der Waals surface area contributed by atoms with E-state index in [4.69, 9.17) is 0 Å². The number of amides is 1. The highest BCUT2D eigenvalue weighted by atomic mass is 32.2. The van der Waals surface area contributed by atoms with Gasteiger partial charge in [-0.25, -0.2) is 12.8 Å². The third-order valence-corrected chi connectivity index (χ3v) is 8.85. The number of rotatable bonds is 6. The Bertz CT molecular complexity index is 1120. The summed E-state index contributed by atoms with van der Waals surface area (Å²) < 4.78 is 41.7. The number of nitrogens with zero attached hydrogens (tertiary/aromatic N) is 2. The average molecular weight is 472 g/mol. The maximum absolute atomic E-state index is 13.5. The highest BCUT2D eigenvalue weighted by molar-refractivity contribution is 7.89. The fraction of sp³-hybridized carbons (Fsp3) is 0.480. The molecule has 8 heteroatoms. The number of carbonyl (C=O) groups is 1. The molecule has 1 atom stereocenters. The van der Waals surface area contributed by atoms with E-state index in [1.54, 1.807) is 18.2 Å². The van der Waals surface area contributed by atoms with Gasteiger partial charge in [-0.1, -0.05) is 18.2 Å². The van der Waals surface area contributed by atoms with Crippen LogP contribution in [0.1, 0.15) is 48.4 Å². The number of hydrogen-bond acceptors (Lipinski definition) is 4. The standard InChI is InChI=1S/C25H30FN3O3S/c26-21-8-5-19(6-9-21)24(25(30)27-22-10-11-22)28-13-15-29(16-14-28)33(31,32)23-12-7-18-3-1-2-4-20(18)17-23/h5-9,12,17,22,24H,1-4,10-11,13-16H2,(H,27,30). The number of sulfonamides is 1. The number of halogens is 1. The summed E-state index contributed by atoms with van der Waals surface area (Å²) in [5.74, 6) is -0.448. The first-order chi connectivity index (χ1) is 15.9. The number of aryl methyl sites for hydroxylation is 2. The number of hydrogen-bond donors (Lipinski definition) is 1. The summed E-state index contributed by atoms with van der Waals surface area (Å²) >= 11 is 0. The fourth-order valence-electron chi connectivity index (χ4n) is 4.90. The van der Waals surface area contributed by atoms with Crippen LogP contribution in [0.3, 0.4) is 0 Å². The van der Waals surface area contributed by atoms with Gasteiger partial charge in [0.1, 0.15) is 11.9 Å². The minimum atomic E-state index is -3.59. The first-order valence-electron chi connectivity index (χ1n) is 11.8. The molecule has 1 saturated carbocycles. The molecule has 1 N–H and O–H groups in total. The second-order valence-electron chi connectivity index (χ2n) is 9.31. The number of fused-ring (bicyclic) bond motifs is 1. The van der Waals surface area contributed by atoms with Gasteiger partial charge in [-0.15, -0.1) is 0 Å². The molecule has 2 aromatic rings. The molecule has 2 aliphatic carbocycles. The van der Waals surface area contributed by atoms with Crippen molar-refractivity contribution in [3.05, 3.63) is 65.0 Å². The van der Waals surface area contributed by atoms with E-state index < -0.39 is 16.1 Å². The van der Waals surface area contributed by atoms with Gasteiger partial charge in [0.2, 0.25) is 15.9 Å². The zero-order valence-corrected chi connectivity index (χ0v) is 19.5. The quantitative estimate of drug-likeness (QED) is 0.703. The van der Waals surface area contributed by atoms with Gasteiger partial charge in [-0.3, -0.25) is 9.69 Å². The average Bonchev–Trinajstić information content (AvgIpc) is 3.64. The third-order valence-electron chi connectivity index (χ3n) is 6.95. The maximum atomic E-state index is 13.5. The Hall–Kier alpha value is -2.29. The summed E-state index contributed by atoms with van der Waals surface area (Å²) in [4.78, 5) is 15.4. The van der Waals surface area contributed by atoms with E-state index >= 15 is 0 Å². The minimum absolute atomic E-state index is 0.102. The van der Waals surface area contributed by atoms with Gasteiger partial charge in [0.15, 0.2) is 0 Å². The normalized spacial score (nSPS) is 20.8. The van der Waals surface area contributed by atoms with Crippen molar-refractivity contribution >= 4 is 15.9 Å². The predicted molar refractivity (Wildman–Crippen MR) is 124 cm³/mol. The van der Waals surface area contributed by atoms with Gasteiger partial charge in [-0.2, -0.15) is 4.31 Å². The van der Waals surface area contributed by atoms with Crippen LogP contribution in [-0.2, 0) is 27.7 Å². The Morgan fingerprint density at radius 3 is 2.27 bits per heavy atom. The Kier molecular flexibility index (Phi) is 6.24. The van der Waals surface area contributed by atoms with E-state index in [9.17, 15) is 17.6 Å². The largest absolute Gasteiger partial charge is 0.352 e. The van der Waals surface area contributed by atoms with E-state index in [0.717, 1.165) is 49.7 Å². The van der Waals surface area contributed by atoms with Crippen molar-refractivity contribution in [3.8, 4) is 0 Å². The second kappa shape index (κ2) is 9.16. The molecule has 0 bridgehead atoms. The van der Waals surface area contributed by atoms with E-state index in [1.165, 1.54) is 22.0 Å². The van der Waals surface area contributed by atoms with Crippen LogP contribution in [0.5, 0.6) is 0 Å². The van der Waals surface area contributed by atoms with Crippen LogP contribution >= 0.6 is 0 Å². The van der Waals surface area contributed by atoms with Crippen LogP contribution in [0.25, 0.3) is 0 Å². The molecular weight excluding hydrogens is 441 g/mol. The van der Waals surface area contributed by atoms with Crippen molar-refractivity contribution in [2.75, 3.05) is 26.2 Å². The number of benzene rings is 2. The summed E-state index contributed by atoms with van der Waals surface area (Å²) in [6.45, 7) is 1.50. The highest BCUT2D eigenvalue weighted by Crippen LogP contribution is 2.29. The third kappa shape index (κ3) is 4.83. The van der Waals surface area contributed by atoms with Gasteiger partial charge >= 0.3 is 0 Å². The monoisotopic (exact) mass is 471 g/mol. The summed E-state index contributed by atoms with van der Waals surface area (Å²) in [7, 11) is -3.59. The Morgan fingerprint density at radius 2 is 1.61 bits per heavy atom. The summed E-state index contributed by atoms with van der Waals surface area (Å²) in [6.07, 6.45) is 6.17. The minimum Gasteiger partial charge on any atom is -0.352 e. The van der Waals surface area contributed by atoms with Crippen molar-refractivity contribution in [1.29, 1.82) is 0 Å². The molecule has 1 amide bonds. The first-order valence-corrected chi connectivity index (χ1v) is 13.3. The molecule has 0 spiro atoms. The van der Waals surface area contributed by atoms with Gasteiger partial charge in [0, 0.05) is 32.2 Å². The van der Waals surface area contributed by atoms with Gasteiger partial charge in [0.25, 0.3) is 0 Å². The van der Waals surface area contributed by atoms with Crippen LogP contribution in [0.4, 0.5) is 4.39 Å². The van der Waals surface area contributed by atoms with Crippen LogP contribution < -0.4 is 5.32 Å². The molecule has 2 aromatic carbocycles. The topological polar surface area (TPSA) is 69.7 Å². The van der Waals surface area contributed by atoms with Gasteiger partial charge in [-0.05, 0) is 79.5 Å². The van der Waals surface area contributed by atoms with E-state index in [2.05, 4.69) is 5.32 Å². The molecule has 1 aliphatic heterocycles. The molecule has 1 saturated heterocycles. The molecular formula is C25H30FN3O3S. The van der Waals surface area contributed by atoms with Gasteiger partial charge in [0.05, 0.1) is 4.90 Å². The van der Waals surface area contributed by atoms with Gasteiger partial charge < -0.3 is 5.32 Å². The molecule has 6 nitrogen and oxygen atoms in total. The maximum Gasteiger partial charge on any atom is 0.243 e. The molecule has 33 heavy (non-hydrogen) atoms. The van der Waals surface area contributed by atoms with E-state index in [-0.39, 0.29) is 17.8 Å². The molecule has 1 heterocycles. The highest BCUT2D eigenvalue weighted by Gasteiger charge is 2.36. The predicted octanol–water partition coefficient (Wildman–Crippen LogP) is 3.03. The van der Waals surface area contributed by atoms with Crippen molar-refractivity contribution in [2.45, 2.75) is 55.5 Å². The van der Waals surface area contributed by atoms with Crippen LogP contribution in [0.15, 0.2) is 47.4 Å². The Morgan fingerprint density at radius 1 is 0.939 bits per heavy atom. The van der Waals surface area contributed by atoms with E-state index in [1.807, 2.05) is 17.0 Å². The molecule has 3 aliphatic rings. The lowest BCUT2D eigenvalue weighted by Gasteiger charge is -2.38. The molecule has 0 radical (unpaired) electrons. The molecule has 1 unspecified atom stereocenters. The lowest BCUT2D eigenvalue weighted by Crippen LogP contribution is -2.52. The van der Waals surface area contributed by atoms with Crippen molar-refractivity contribution in [3.63, 3.8) is 0 Å². The number of piperazine rings is 1.